The van der Waals surface area contributed by atoms with Gasteiger partial charge in [0.1, 0.15) is 5.54 Å². The molecule has 5 heteroatoms. The summed E-state index contributed by atoms with van der Waals surface area (Å²) in [7, 11) is 3.64. The van der Waals surface area contributed by atoms with E-state index in [2.05, 4.69) is 24.5 Å². The molecular formula is C20H40N2O3. The topological polar surface area (TPSA) is 78.4 Å². The Balaban J connectivity index is 0.000000421. The lowest BCUT2D eigenvalue weighted by molar-refractivity contribution is -0.144. The SMILES string of the molecule is CC.CCC(=O)C1(NC)CCC(C)C1.CNC1(C(=O)O)CCC(C)C1. The average molecular weight is 357 g/mol. The van der Waals surface area contributed by atoms with Crippen LogP contribution >= 0.6 is 0 Å². The number of aliphatic carboxylic acids is 1. The molecule has 0 radical (unpaired) electrons. The molecule has 148 valence electrons. The predicted molar refractivity (Wildman–Crippen MR) is 104 cm³/mol. The van der Waals surface area contributed by atoms with Crippen molar-refractivity contribution in [2.45, 2.75) is 90.6 Å². The molecule has 0 aromatic carbocycles. The van der Waals surface area contributed by atoms with Crippen LogP contribution < -0.4 is 10.6 Å². The number of nitrogens with one attached hydrogen (secondary N) is 2. The third-order valence-electron chi connectivity index (χ3n) is 5.74. The molecular weight excluding hydrogens is 316 g/mol. The Morgan fingerprint density at radius 3 is 1.56 bits per heavy atom. The molecule has 0 aromatic heterocycles. The van der Waals surface area contributed by atoms with Crippen LogP contribution in [0.2, 0.25) is 0 Å². The van der Waals surface area contributed by atoms with Gasteiger partial charge in [0.15, 0.2) is 5.78 Å². The van der Waals surface area contributed by atoms with Gasteiger partial charge in [-0.15, -0.1) is 0 Å². The Kier molecular flexibility index (Phi) is 10.5. The molecule has 0 heterocycles. The van der Waals surface area contributed by atoms with Gasteiger partial charge < -0.3 is 15.7 Å². The van der Waals surface area contributed by atoms with Crippen molar-refractivity contribution >= 4 is 11.8 Å². The lowest BCUT2D eigenvalue weighted by Crippen LogP contribution is -2.48. The van der Waals surface area contributed by atoms with Gasteiger partial charge in [-0.2, -0.15) is 0 Å². The number of hydrogen-bond acceptors (Lipinski definition) is 4. The zero-order valence-corrected chi connectivity index (χ0v) is 17.4. The number of carbonyl (C=O) groups excluding carboxylic acids is 1. The van der Waals surface area contributed by atoms with Crippen molar-refractivity contribution in [1.29, 1.82) is 0 Å². The maximum atomic E-state index is 11.7. The maximum absolute atomic E-state index is 11.7. The molecule has 4 atom stereocenters. The quantitative estimate of drug-likeness (QED) is 0.701. The van der Waals surface area contributed by atoms with E-state index in [0.29, 0.717) is 24.0 Å². The Hall–Kier alpha value is -0.940. The van der Waals surface area contributed by atoms with Crippen LogP contribution in [0.5, 0.6) is 0 Å². The summed E-state index contributed by atoms with van der Waals surface area (Å²) in [6, 6.07) is 0. The van der Waals surface area contributed by atoms with Crippen LogP contribution in [0.3, 0.4) is 0 Å². The summed E-state index contributed by atoms with van der Waals surface area (Å²) in [5.41, 5.74) is -0.798. The molecule has 0 aliphatic heterocycles. The zero-order chi connectivity index (χ0) is 19.7. The van der Waals surface area contributed by atoms with Crippen molar-refractivity contribution in [1.82, 2.24) is 10.6 Å². The van der Waals surface area contributed by atoms with Crippen LogP contribution in [0.4, 0.5) is 0 Å². The molecule has 2 aliphatic carbocycles. The molecule has 2 saturated carbocycles. The molecule has 0 spiro atoms. The molecule has 0 saturated heterocycles. The van der Waals surface area contributed by atoms with E-state index in [1.165, 1.54) is 6.42 Å². The van der Waals surface area contributed by atoms with E-state index in [4.69, 9.17) is 5.11 Å². The molecule has 25 heavy (non-hydrogen) atoms. The number of rotatable bonds is 5. The van der Waals surface area contributed by atoms with Crippen LogP contribution in [0, 0.1) is 11.8 Å². The van der Waals surface area contributed by atoms with Crippen molar-refractivity contribution in [3.63, 3.8) is 0 Å². The number of carbonyl (C=O) groups is 2. The smallest absolute Gasteiger partial charge is 0.323 e. The third-order valence-corrected chi connectivity index (χ3v) is 5.74. The monoisotopic (exact) mass is 356 g/mol. The van der Waals surface area contributed by atoms with E-state index in [9.17, 15) is 9.59 Å². The van der Waals surface area contributed by atoms with Gasteiger partial charge in [0.2, 0.25) is 0 Å². The standard InChI is InChI=1S/C10H19NO.C8H15NO2.C2H6/c1-4-9(12)10(11-3)6-5-8(2)7-10;1-6-3-4-8(5-6,9-2)7(10)11;1-2/h8,11H,4-7H2,1-3H3;6,9H,3-5H2,1-2H3,(H,10,11);1-2H3. The van der Waals surface area contributed by atoms with Crippen LogP contribution in [0.15, 0.2) is 0 Å². The van der Waals surface area contributed by atoms with Crippen molar-refractivity contribution in [2.24, 2.45) is 11.8 Å². The first-order chi connectivity index (χ1) is 11.7. The average Bonchev–Trinajstić information content (AvgIpc) is 3.21. The van der Waals surface area contributed by atoms with E-state index in [1.807, 2.05) is 27.8 Å². The van der Waals surface area contributed by atoms with E-state index in [0.717, 1.165) is 32.1 Å². The van der Waals surface area contributed by atoms with Gasteiger partial charge in [-0.3, -0.25) is 9.59 Å². The van der Waals surface area contributed by atoms with Crippen molar-refractivity contribution in [2.75, 3.05) is 14.1 Å². The summed E-state index contributed by atoms with van der Waals surface area (Å²) in [5.74, 6) is 0.921. The van der Waals surface area contributed by atoms with E-state index < -0.39 is 11.5 Å². The van der Waals surface area contributed by atoms with Gasteiger partial charge in [0.05, 0.1) is 5.54 Å². The number of hydrogen-bond donors (Lipinski definition) is 3. The highest BCUT2D eigenvalue weighted by Crippen LogP contribution is 2.35. The molecule has 0 aromatic rings. The Bertz CT molecular complexity index is 427. The molecule has 5 nitrogen and oxygen atoms in total. The summed E-state index contributed by atoms with van der Waals surface area (Å²) in [5, 5.41) is 15.0. The van der Waals surface area contributed by atoms with E-state index in [1.54, 1.807) is 7.05 Å². The van der Waals surface area contributed by atoms with Gasteiger partial charge in [-0.05, 0) is 64.5 Å². The maximum Gasteiger partial charge on any atom is 0.323 e. The molecule has 0 bridgehead atoms. The Morgan fingerprint density at radius 1 is 0.960 bits per heavy atom. The minimum absolute atomic E-state index is 0.172. The normalized spacial score (nSPS) is 33.7. The fourth-order valence-corrected chi connectivity index (χ4v) is 4.07. The number of Topliss-reactive ketones (excluding diaryl/α,β-unsaturated/α-hetero) is 1. The van der Waals surface area contributed by atoms with Crippen LogP contribution in [-0.4, -0.2) is 42.0 Å². The van der Waals surface area contributed by atoms with Gasteiger partial charge >= 0.3 is 5.97 Å². The number of likely N-dealkylation sites (N-methyl/N-ethyl adjacent to an activating group) is 2. The molecule has 0 amide bonds. The predicted octanol–water partition coefficient (Wildman–Crippen LogP) is 3.62. The third kappa shape index (κ3) is 6.07. The summed E-state index contributed by atoms with van der Waals surface area (Å²) in [4.78, 5) is 22.5. The summed E-state index contributed by atoms with van der Waals surface area (Å²) in [6.45, 7) is 10.3. The molecule has 2 aliphatic rings. The first-order valence-electron chi connectivity index (χ1n) is 9.89. The number of carboxylic acid groups (broad SMARTS) is 1. The highest BCUT2D eigenvalue weighted by molar-refractivity contribution is 5.88. The summed E-state index contributed by atoms with van der Waals surface area (Å²) < 4.78 is 0. The minimum Gasteiger partial charge on any atom is -0.480 e. The second-order valence-corrected chi connectivity index (χ2v) is 7.44. The molecule has 3 N–H and O–H groups in total. The zero-order valence-electron chi connectivity index (χ0n) is 17.4. The second kappa shape index (κ2) is 10.9. The van der Waals surface area contributed by atoms with E-state index in [-0.39, 0.29) is 5.54 Å². The Labute approximate surface area is 154 Å². The van der Waals surface area contributed by atoms with Gasteiger partial charge in [0, 0.05) is 6.42 Å². The van der Waals surface area contributed by atoms with Crippen molar-refractivity contribution in [3.8, 4) is 0 Å². The van der Waals surface area contributed by atoms with Crippen molar-refractivity contribution < 1.29 is 14.7 Å². The highest BCUT2D eigenvalue weighted by Gasteiger charge is 2.42. The second-order valence-electron chi connectivity index (χ2n) is 7.44. The number of ketones is 1. The summed E-state index contributed by atoms with van der Waals surface area (Å²) >= 11 is 0. The van der Waals surface area contributed by atoms with Gasteiger partial charge in [-0.25, -0.2) is 0 Å². The fraction of sp³-hybridized carbons (Fsp3) is 0.900. The number of carboxylic acids is 1. The molecule has 4 unspecified atom stereocenters. The Morgan fingerprint density at radius 2 is 1.36 bits per heavy atom. The van der Waals surface area contributed by atoms with Gasteiger partial charge in [0.25, 0.3) is 0 Å². The first-order valence-corrected chi connectivity index (χ1v) is 9.89. The van der Waals surface area contributed by atoms with E-state index >= 15 is 0 Å². The van der Waals surface area contributed by atoms with Crippen molar-refractivity contribution in [3.05, 3.63) is 0 Å². The fourth-order valence-electron chi connectivity index (χ4n) is 4.07. The minimum atomic E-state index is -0.704. The lowest BCUT2D eigenvalue weighted by Gasteiger charge is -2.26. The van der Waals surface area contributed by atoms with Gasteiger partial charge in [-0.1, -0.05) is 34.6 Å². The molecule has 2 rings (SSSR count). The largest absolute Gasteiger partial charge is 0.480 e. The lowest BCUT2D eigenvalue weighted by atomic mass is 9.90. The van der Waals surface area contributed by atoms with Crippen LogP contribution in [0.1, 0.15) is 79.6 Å². The first kappa shape index (κ1) is 24.1. The molecule has 2 fully saturated rings. The summed E-state index contributed by atoms with van der Waals surface area (Å²) in [6.07, 6.45) is 6.44. The highest BCUT2D eigenvalue weighted by atomic mass is 16.4. The van der Waals surface area contributed by atoms with Crippen LogP contribution in [0.25, 0.3) is 0 Å². The van der Waals surface area contributed by atoms with Crippen LogP contribution in [-0.2, 0) is 9.59 Å².